The number of aromatic nitrogens is 1. The van der Waals surface area contributed by atoms with Crippen LogP contribution in [0.5, 0.6) is 34.5 Å². The molecule has 0 atom stereocenters. The number of ether oxygens (including phenoxy) is 6. The maximum Gasteiger partial charge on any atom is 0.573 e. The van der Waals surface area contributed by atoms with Crippen LogP contribution in [-0.4, -0.2) is 111 Å². The predicted molar refractivity (Wildman–Crippen MR) is 362 cm³/mol. The number of alkyl halides is 16. The van der Waals surface area contributed by atoms with E-state index in [1.165, 1.54) is 97.3 Å². The number of carboxylic acids is 2. The zero-order valence-electron chi connectivity index (χ0n) is 56.9. The molecule has 4 N–H and O–H groups in total. The topological polar surface area (TPSA) is 278 Å². The number of ketones is 3. The van der Waals surface area contributed by atoms with Gasteiger partial charge in [-0.15, -0.1) is 77.5 Å². The standard InChI is InChI=1S/C22H18F3NO4.C12H11F3O4.C12H11NO2.C10H8ClF3O2.C9H6ClF3O2.C9H7F3O3/c23-22(24,25)30-14-8-5-12(6-9-14)11-17-20(27)18(21(28)29)16-10-7-13-3-1-2-4-15(13)19(16)26-17;1-8(16)18-7-10(17)6-9-2-4-11(5-3-9)19-12(13,14)15;14-11-9-6-5-7-3-1-2-4-8(7)10(9)13-12(11)15;11-6-8(15)5-7-1-3-9(4-2-7)16-10(12,13)14;10-8(14)5-6-1-3-7(4-2-6)15-9(11,12)13;10-9(11,12)15-7-3-1-6(2-4-7)5-8(13)14/h5-10,27H,1-4,11H2,(H,28,29);2-5H,6-7H2,1H3;5-6H,1-4H2,(H,13,14,15);1-4H,5-6H2;1-4H,5H2;1-4H,5H2,(H,13,14). The van der Waals surface area contributed by atoms with E-state index in [0.717, 1.165) is 110 Å². The number of rotatable bonds is 19. The molecule has 7 aromatic carbocycles. The van der Waals surface area contributed by atoms with Gasteiger partial charge in [-0.05, 0) is 180 Å². The van der Waals surface area contributed by atoms with Crippen LogP contribution in [-0.2, 0) is 91.3 Å². The van der Waals surface area contributed by atoms with Gasteiger partial charge >= 0.3 is 49.7 Å². The quantitative estimate of drug-likeness (QED) is 0.0192. The number of aromatic carboxylic acids is 1. The second-order valence-electron chi connectivity index (χ2n) is 23.6. The summed E-state index contributed by atoms with van der Waals surface area (Å²) in [5.41, 5.74) is 9.06. The highest BCUT2D eigenvalue weighted by Gasteiger charge is 2.36. The number of carbonyl (C=O) groups excluding carboxylic acids is 6. The molecule has 3 aliphatic rings. The number of hydrogen-bond donors (Lipinski definition) is 4. The van der Waals surface area contributed by atoms with Gasteiger partial charge in [-0.3, -0.25) is 33.6 Å². The minimum atomic E-state index is -4.78. The molecule has 8 aromatic rings. The number of aromatic hydroxyl groups is 1. The highest BCUT2D eigenvalue weighted by molar-refractivity contribution is 6.63. The van der Waals surface area contributed by atoms with Crippen molar-refractivity contribution in [3.8, 4) is 34.5 Å². The van der Waals surface area contributed by atoms with Gasteiger partial charge in [0.2, 0.25) is 5.24 Å². The summed E-state index contributed by atoms with van der Waals surface area (Å²) in [5, 5.41) is 31.2. The third-order valence-corrected chi connectivity index (χ3v) is 15.6. The first-order valence-electron chi connectivity index (χ1n) is 32.2. The molecule has 0 spiro atoms. The SMILES string of the molecule is CC(=O)OCC(=O)Cc1ccc(OC(F)(F)F)cc1.O=C(CCl)Cc1ccc(OC(F)(F)F)cc1.O=C(Cl)Cc1ccc(OC(F)(F)F)cc1.O=C(O)Cc1ccc(OC(F)(F)F)cc1.O=C(O)c1c(O)c(Cc2ccc(OC(F)(F)F)cc2)nc2c3c(ccc12)CCCC3.O=C1Nc2c(ccc3c2CCCC3)C1=O. The molecule has 1 aromatic heterocycles. The number of carboxylic acid groups (broad SMARTS) is 2. The number of anilines is 1. The average molecular weight is 1610 g/mol. The van der Waals surface area contributed by atoms with Crippen molar-refractivity contribution < 1.29 is 148 Å². The van der Waals surface area contributed by atoms with Gasteiger partial charge in [-0.1, -0.05) is 78.9 Å². The predicted octanol–water partition coefficient (Wildman–Crippen LogP) is 17.0. The second kappa shape index (κ2) is 39.3. The minimum Gasteiger partial charge on any atom is -0.505 e. The largest absolute Gasteiger partial charge is 0.573 e. The Kier molecular flexibility index (Phi) is 31.3. The molecule has 36 heteroatoms. The molecule has 588 valence electrons. The molecule has 1 aliphatic heterocycles. The molecule has 110 heavy (non-hydrogen) atoms. The van der Waals surface area contributed by atoms with Crippen molar-refractivity contribution in [2.24, 2.45) is 0 Å². The van der Waals surface area contributed by atoms with Crippen LogP contribution in [0.2, 0.25) is 0 Å². The number of halogens is 17. The molecule has 1 amide bonds. The number of Topliss-reactive ketones (excluding diaryl/α,β-unsaturated/α-hetero) is 3. The first-order chi connectivity index (χ1) is 51.4. The molecule has 19 nitrogen and oxygen atoms in total. The lowest BCUT2D eigenvalue weighted by molar-refractivity contribution is -0.275. The van der Waals surface area contributed by atoms with E-state index >= 15 is 0 Å². The number of pyridine rings is 1. The van der Waals surface area contributed by atoms with Crippen LogP contribution < -0.4 is 29.0 Å². The highest BCUT2D eigenvalue weighted by Crippen LogP contribution is 2.38. The molecule has 0 saturated carbocycles. The monoisotopic (exact) mass is 1600 g/mol. The first-order valence-corrected chi connectivity index (χ1v) is 33.1. The summed E-state index contributed by atoms with van der Waals surface area (Å²) in [6, 6.07) is 32.2. The van der Waals surface area contributed by atoms with E-state index in [2.05, 4.69) is 38.7 Å². The molecule has 2 aliphatic carbocycles. The third kappa shape index (κ3) is 30.5. The van der Waals surface area contributed by atoms with Crippen molar-refractivity contribution in [3.63, 3.8) is 0 Å². The van der Waals surface area contributed by atoms with Gasteiger partial charge in [0.25, 0.3) is 11.7 Å². The molecule has 11 rings (SSSR count). The van der Waals surface area contributed by atoms with Gasteiger partial charge in [0.15, 0.2) is 17.3 Å². The Hall–Kier alpha value is -11.2. The van der Waals surface area contributed by atoms with Gasteiger partial charge < -0.3 is 49.1 Å². The molecule has 0 bridgehead atoms. The Morgan fingerprint density at radius 2 is 0.836 bits per heavy atom. The molecule has 0 radical (unpaired) electrons. The summed E-state index contributed by atoms with van der Waals surface area (Å²) in [6.07, 6.45) is -15.7. The van der Waals surface area contributed by atoms with E-state index in [0.29, 0.717) is 44.3 Å². The van der Waals surface area contributed by atoms with E-state index in [-0.39, 0.29) is 96.2 Å². The summed E-state index contributed by atoms with van der Waals surface area (Å²) in [6.45, 7) is 0.826. The lowest BCUT2D eigenvalue weighted by atomic mass is 9.88. The van der Waals surface area contributed by atoms with Gasteiger partial charge in [-0.2, -0.15) is 0 Å². The first kappa shape index (κ1) is 87.7. The minimum absolute atomic E-state index is 0.0200. The number of nitrogens with zero attached hydrogens (tertiary/aromatic N) is 1. The Balaban J connectivity index is 0.000000211. The number of fused-ring (bicyclic) bond motifs is 6. The summed E-state index contributed by atoms with van der Waals surface area (Å²) in [4.78, 5) is 92.7. The maximum absolute atomic E-state index is 12.3. The maximum atomic E-state index is 12.3. The Morgan fingerprint density at radius 3 is 1.22 bits per heavy atom. The Morgan fingerprint density at radius 1 is 0.473 bits per heavy atom. The summed E-state index contributed by atoms with van der Waals surface area (Å²) in [7, 11) is 0. The molecular formula is C74H61Cl2F15N2O17. The lowest BCUT2D eigenvalue weighted by Crippen LogP contribution is -2.17. The Bertz CT molecular complexity index is 4470. The fourth-order valence-electron chi connectivity index (χ4n) is 10.7. The van der Waals surface area contributed by atoms with E-state index < -0.39 is 72.4 Å². The number of amides is 1. The molecule has 0 saturated heterocycles. The zero-order chi connectivity index (χ0) is 81.5. The van der Waals surface area contributed by atoms with Crippen LogP contribution in [0.25, 0.3) is 10.9 Å². The lowest BCUT2D eigenvalue weighted by Gasteiger charge is -2.19. The normalized spacial score (nSPS) is 12.9. The Labute approximate surface area is 623 Å². The summed E-state index contributed by atoms with van der Waals surface area (Å²) >= 11 is 10.4. The molecular weight excluding hydrogens is 1540 g/mol. The third-order valence-electron chi connectivity index (χ3n) is 15.2. The number of nitrogens with one attached hydrogen (secondary N) is 1. The smallest absolute Gasteiger partial charge is 0.505 e. The number of benzene rings is 7. The zero-order valence-corrected chi connectivity index (χ0v) is 58.4. The summed E-state index contributed by atoms with van der Waals surface area (Å²) in [5.74, 6) is -6.53. The van der Waals surface area contributed by atoms with Crippen LogP contribution in [0, 0.1) is 0 Å². The van der Waals surface area contributed by atoms with E-state index in [9.17, 15) is 114 Å². The van der Waals surface area contributed by atoms with Crippen LogP contribution in [0.15, 0.2) is 146 Å². The van der Waals surface area contributed by atoms with E-state index in [4.69, 9.17) is 28.3 Å². The molecule has 0 unspecified atom stereocenters. The number of aliphatic carboxylic acids is 1. The fourth-order valence-corrected chi connectivity index (χ4v) is 10.9. The van der Waals surface area contributed by atoms with Crippen molar-refractivity contribution in [1.82, 2.24) is 4.98 Å². The van der Waals surface area contributed by atoms with Crippen LogP contribution in [0.1, 0.15) is 109 Å². The van der Waals surface area contributed by atoms with Crippen LogP contribution >= 0.6 is 23.2 Å². The molecule has 0 fully saturated rings. The average Bonchev–Trinajstić information content (AvgIpc) is 1.23. The van der Waals surface area contributed by atoms with Gasteiger partial charge in [0.1, 0.15) is 40.9 Å². The van der Waals surface area contributed by atoms with Crippen LogP contribution in [0.3, 0.4) is 0 Å². The van der Waals surface area contributed by atoms with Crippen molar-refractivity contribution >= 4 is 86.2 Å². The highest BCUT2D eigenvalue weighted by atomic mass is 35.5. The van der Waals surface area contributed by atoms with Gasteiger partial charge in [0.05, 0.1) is 34.8 Å². The fraction of sp³-hybridized carbons (Fsp3) is 0.284. The van der Waals surface area contributed by atoms with Crippen molar-refractivity contribution in [2.45, 2.75) is 122 Å². The van der Waals surface area contributed by atoms with Crippen molar-refractivity contribution in [2.75, 3.05) is 17.8 Å². The molecule has 2 heterocycles. The van der Waals surface area contributed by atoms with E-state index in [1.807, 2.05) is 12.1 Å². The van der Waals surface area contributed by atoms with Gasteiger partial charge in [-0.25, -0.2) is 9.78 Å². The summed E-state index contributed by atoms with van der Waals surface area (Å²) < 4.78 is 202. The number of esters is 1. The van der Waals surface area contributed by atoms with Crippen LogP contribution in [0.4, 0.5) is 71.5 Å². The number of carbonyl (C=O) groups is 8. The van der Waals surface area contributed by atoms with Crippen molar-refractivity contribution in [1.29, 1.82) is 0 Å². The number of aryl methyl sites for hydroxylation is 3. The number of hydrogen-bond acceptors (Lipinski definition) is 16. The van der Waals surface area contributed by atoms with Crippen molar-refractivity contribution in [3.05, 3.63) is 212 Å². The van der Waals surface area contributed by atoms with E-state index in [1.54, 1.807) is 12.1 Å². The van der Waals surface area contributed by atoms with Gasteiger partial charge in [0, 0.05) is 38.0 Å². The second-order valence-corrected chi connectivity index (χ2v) is 24.3.